The van der Waals surface area contributed by atoms with E-state index < -0.39 is 0 Å². The van der Waals surface area contributed by atoms with Crippen LogP contribution in [0.25, 0.3) is 0 Å². The third-order valence-corrected chi connectivity index (χ3v) is 3.12. The first-order valence-corrected chi connectivity index (χ1v) is 7.24. The fourth-order valence-electron chi connectivity index (χ4n) is 2.00. The molecule has 1 aromatic carbocycles. The molecule has 1 aromatic rings. The zero-order valence-corrected chi connectivity index (χ0v) is 12.3. The van der Waals surface area contributed by atoms with Crippen molar-refractivity contribution in [2.24, 2.45) is 0 Å². The van der Waals surface area contributed by atoms with E-state index in [1.165, 1.54) is 18.4 Å². The van der Waals surface area contributed by atoms with Gasteiger partial charge in [0.1, 0.15) is 0 Å². The lowest BCUT2D eigenvalue weighted by Gasteiger charge is -2.14. The summed E-state index contributed by atoms with van der Waals surface area (Å²) in [5, 5.41) is 6.16. The van der Waals surface area contributed by atoms with Gasteiger partial charge in [-0.1, -0.05) is 51.8 Å². The number of unbranched alkanes of at least 4 members (excludes halogenated alkanes) is 2. The van der Waals surface area contributed by atoms with Crippen LogP contribution in [0.4, 0.5) is 5.69 Å². The molecule has 19 heavy (non-hydrogen) atoms. The Morgan fingerprint density at radius 3 is 2.63 bits per heavy atom. The molecule has 2 N–H and O–H groups in total. The predicted molar refractivity (Wildman–Crippen MR) is 81.6 cm³/mol. The quantitative estimate of drug-likeness (QED) is 0.704. The molecule has 3 heteroatoms. The molecule has 0 saturated carbocycles. The van der Waals surface area contributed by atoms with Crippen molar-refractivity contribution in [3.63, 3.8) is 0 Å². The van der Waals surface area contributed by atoms with Crippen molar-refractivity contribution in [3.8, 4) is 0 Å². The second-order valence-corrected chi connectivity index (χ2v) is 5.15. The first-order valence-electron chi connectivity index (χ1n) is 7.24. The summed E-state index contributed by atoms with van der Waals surface area (Å²) < 4.78 is 0. The monoisotopic (exact) mass is 262 g/mol. The average molecular weight is 262 g/mol. The van der Waals surface area contributed by atoms with E-state index in [9.17, 15) is 4.79 Å². The molecule has 1 amide bonds. The first-order chi connectivity index (χ1) is 9.15. The highest BCUT2D eigenvalue weighted by Gasteiger charge is 2.06. The third kappa shape index (κ3) is 5.77. The topological polar surface area (TPSA) is 41.1 Å². The SMILES string of the molecule is CCCCCNC(=O)CNc1ccccc1C(C)C. The normalized spacial score (nSPS) is 10.5. The van der Waals surface area contributed by atoms with Crippen molar-refractivity contribution in [1.82, 2.24) is 5.32 Å². The van der Waals surface area contributed by atoms with Crippen molar-refractivity contribution >= 4 is 11.6 Å². The van der Waals surface area contributed by atoms with Gasteiger partial charge in [-0.25, -0.2) is 0 Å². The lowest BCUT2D eigenvalue weighted by molar-refractivity contribution is -0.119. The van der Waals surface area contributed by atoms with Gasteiger partial charge in [0.25, 0.3) is 0 Å². The lowest BCUT2D eigenvalue weighted by atomic mass is 10.0. The molecule has 106 valence electrons. The molecule has 0 atom stereocenters. The minimum atomic E-state index is 0.0645. The van der Waals surface area contributed by atoms with Crippen molar-refractivity contribution in [3.05, 3.63) is 29.8 Å². The zero-order valence-electron chi connectivity index (χ0n) is 12.3. The van der Waals surface area contributed by atoms with Crippen molar-refractivity contribution in [1.29, 1.82) is 0 Å². The van der Waals surface area contributed by atoms with E-state index in [1.54, 1.807) is 0 Å². The summed E-state index contributed by atoms with van der Waals surface area (Å²) in [6.45, 7) is 7.60. The van der Waals surface area contributed by atoms with Gasteiger partial charge in [0.2, 0.25) is 5.91 Å². The van der Waals surface area contributed by atoms with Gasteiger partial charge in [-0.3, -0.25) is 4.79 Å². The fourth-order valence-corrected chi connectivity index (χ4v) is 2.00. The molecule has 0 saturated heterocycles. The Labute approximate surface area is 116 Å². The number of para-hydroxylation sites is 1. The van der Waals surface area contributed by atoms with Gasteiger partial charge in [-0.2, -0.15) is 0 Å². The number of nitrogens with one attached hydrogen (secondary N) is 2. The molecule has 0 aliphatic carbocycles. The van der Waals surface area contributed by atoms with Crippen LogP contribution in [-0.4, -0.2) is 19.0 Å². The van der Waals surface area contributed by atoms with Gasteiger partial charge in [0.05, 0.1) is 6.54 Å². The molecule has 1 rings (SSSR count). The van der Waals surface area contributed by atoms with Crippen LogP contribution in [-0.2, 0) is 4.79 Å². The highest BCUT2D eigenvalue weighted by molar-refractivity contribution is 5.80. The molecule has 0 radical (unpaired) electrons. The molecule has 0 heterocycles. The average Bonchev–Trinajstić information content (AvgIpc) is 2.41. The van der Waals surface area contributed by atoms with Crippen LogP contribution in [0.2, 0.25) is 0 Å². The van der Waals surface area contributed by atoms with E-state index in [4.69, 9.17) is 0 Å². The number of anilines is 1. The summed E-state index contributed by atoms with van der Waals surface area (Å²) in [7, 11) is 0. The summed E-state index contributed by atoms with van der Waals surface area (Å²) in [5.74, 6) is 0.519. The van der Waals surface area contributed by atoms with Crippen LogP contribution < -0.4 is 10.6 Å². The maximum Gasteiger partial charge on any atom is 0.239 e. The molecule has 0 bridgehead atoms. The van der Waals surface area contributed by atoms with E-state index in [0.717, 1.165) is 18.7 Å². The number of carbonyl (C=O) groups excluding carboxylic acids is 1. The van der Waals surface area contributed by atoms with Crippen LogP contribution in [0.1, 0.15) is 51.5 Å². The first kappa shape index (κ1) is 15.5. The predicted octanol–water partition coefficient (Wildman–Crippen LogP) is 3.53. The van der Waals surface area contributed by atoms with Gasteiger partial charge < -0.3 is 10.6 Å². The minimum Gasteiger partial charge on any atom is -0.376 e. The summed E-state index contributed by atoms with van der Waals surface area (Å²) in [4.78, 5) is 11.7. The Hall–Kier alpha value is -1.51. The Kier molecular flexibility index (Phi) is 7.01. The smallest absolute Gasteiger partial charge is 0.239 e. The number of carbonyl (C=O) groups is 1. The molecular weight excluding hydrogens is 236 g/mol. The number of hydrogen-bond donors (Lipinski definition) is 2. The van der Waals surface area contributed by atoms with Crippen LogP contribution in [0, 0.1) is 0 Å². The molecule has 0 aliphatic rings. The summed E-state index contributed by atoms with van der Waals surface area (Å²) in [5.41, 5.74) is 2.31. The van der Waals surface area contributed by atoms with E-state index in [0.29, 0.717) is 12.5 Å². The third-order valence-electron chi connectivity index (χ3n) is 3.12. The van der Waals surface area contributed by atoms with E-state index in [1.807, 2.05) is 18.2 Å². The van der Waals surface area contributed by atoms with Gasteiger partial charge in [0, 0.05) is 12.2 Å². The maximum absolute atomic E-state index is 11.7. The van der Waals surface area contributed by atoms with Gasteiger partial charge in [-0.05, 0) is 24.0 Å². The molecule has 0 aromatic heterocycles. The Morgan fingerprint density at radius 1 is 1.21 bits per heavy atom. The molecule has 0 fully saturated rings. The van der Waals surface area contributed by atoms with Crippen molar-refractivity contribution in [2.75, 3.05) is 18.4 Å². The standard InChI is InChI=1S/C16H26N2O/c1-4-5-8-11-17-16(19)12-18-15-10-7-6-9-14(15)13(2)3/h6-7,9-10,13,18H,4-5,8,11-12H2,1-3H3,(H,17,19). The van der Waals surface area contributed by atoms with Gasteiger partial charge in [-0.15, -0.1) is 0 Å². The largest absolute Gasteiger partial charge is 0.376 e. The second-order valence-electron chi connectivity index (χ2n) is 5.15. The zero-order chi connectivity index (χ0) is 14.1. The van der Waals surface area contributed by atoms with Gasteiger partial charge >= 0.3 is 0 Å². The lowest BCUT2D eigenvalue weighted by Crippen LogP contribution is -2.30. The van der Waals surface area contributed by atoms with Crippen LogP contribution in [0.5, 0.6) is 0 Å². The molecule has 0 unspecified atom stereocenters. The van der Waals surface area contributed by atoms with E-state index in [2.05, 4.69) is 37.5 Å². The summed E-state index contributed by atoms with van der Waals surface area (Å²) >= 11 is 0. The molecule has 0 spiro atoms. The fraction of sp³-hybridized carbons (Fsp3) is 0.562. The second kappa shape index (κ2) is 8.57. The summed E-state index contributed by atoms with van der Waals surface area (Å²) in [6.07, 6.45) is 3.41. The highest BCUT2D eigenvalue weighted by atomic mass is 16.1. The number of amides is 1. The Bertz CT molecular complexity index is 388. The number of benzene rings is 1. The highest BCUT2D eigenvalue weighted by Crippen LogP contribution is 2.23. The summed E-state index contributed by atoms with van der Waals surface area (Å²) in [6, 6.07) is 8.16. The van der Waals surface area contributed by atoms with Crippen molar-refractivity contribution < 1.29 is 4.79 Å². The van der Waals surface area contributed by atoms with Crippen molar-refractivity contribution in [2.45, 2.75) is 46.0 Å². The molecular formula is C16H26N2O. The van der Waals surface area contributed by atoms with E-state index >= 15 is 0 Å². The molecule has 0 aliphatic heterocycles. The number of hydrogen-bond acceptors (Lipinski definition) is 2. The van der Waals surface area contributed by atoms with Crippen LogP contribution >= 0.6 is 0 Å². The van der Waals surface area contributed by atoms with E-state index in [-0.39, 0.29) is 5.91 Å². The molecule has 3 nitrogen and oxygen atoms in total. The minimum absolute atomic E-state index is 0.0645. The number of rotatable bonds is 8. The Balaban J connectivity index is 2.38. The van der Waals surface area contributed by atoms with Gasteiger partial charge in [0.15, 0.2) is 0 Å². The Morgan fingerprint density at radius 2 is 1.95 bits per heavy atom. The van der Waals surface area contributed by atoms with Crippen LogP contribution in [0.15, 0.2) is 24.3 Å². The van der Waals surface area contributed by atoms with Crippen LogP contribution in [0.3, 0.4) is 0 Å². The maximum atomic E-state index is 11.7.